The second kappa shape index (κ2) is 5.29. The first-order valence-electron chi connectivity index (χ1n) is 5.95. The fourth-order valence-electron chi connectivity index (χ4n) is 2.16. The summed E-state index contributed by atoms with van der Waals surface area (Å²) in [6.07, 6.45) is 1.30. The van der Waals surface area contributed by atoms with E-state index in [0.717, 1.165) is 12.1 Å². The number of carbonyl (C=O) groups is 1. The molecule has 1 aromatic rings. The summed E-state index contributed by atoms with van der Waals surface area (Å²) in [5.74, 6) is 0.168. The van der Waals surface area contributed by atoms with Crippen molar-refractivity contribution in [2.45, 2.75) is 12.8 Å². The molecular weight excluding hydrogens is 216 g/mol. The van der Waals surface area contributed by atoms with Gasteiger partial charge in [0.15, 0.2) is 0 Å². The second-order valence-corrected chi connectivity index (χ2v) is 4.46. The van der Waals surface area contributed by atoms with Crippen LogP contribution >= 0.6 is 0 Å². The van der Waals surface area contributed by atoms with Crippen molar-refractivity contribution in [3.05, 3.63) is 29.8 Å². The number of amides is 1. The summed E-state index contributed by atoms with van der Waals surface area (Å²) < 4.78 is 0. The first-order valence-corrected chi connectivity index (χ1v) is 5.95. The van der Waals surface area contributed by atoms with E-state index in [2.05, 4.69) is 0 Å². The Kier molecular flexibility index (Phi) is 3.76. The predicted octanol–water partition coefficient (Wildman–Crippen LogP) is 0.533. The van der Waals surface area contributed by atoms with Crippen molar-refractivity contribution in [1.29, 1.82) is 0 Å². The molecule has 4 nitrogen and oxygen atoms in total. The van der Waals surface area contributed by atoms with Gasteiger partial charge in [0.25, 0.3) is 0 Å². The van der Waals surface area contributed by atoms with Crippen LogP contribution in [0.5, 0.6) is 0 Å². The van der Waals surface area contributed by atoms with Crippen LogP contribution in [0.3, 0.4) is 0 Å². The molecule has 1 saturated heterocycles. The Hall–Kier alpha value is -1.39. The molecule has 0 saturated carbocycles. The van der Waals surface area contributed by atoms with Crippen LogP contribution in [0.25, 0.3) is 0 Å². The minimum Gasteiger partial charge on any atom is -0.396 e. The van der Waals surface area contributed by atoms with Crippen LogP contribution in [-0.4, -0.2) is 30.7 Å². The molecule has 1 amide bonds. The quantitative estimate of drug-likeness (QED) is 0.798. The van der Waals surface area contributed by atoms with Gasteiger partial charge >= 0.3 is 0 Å². The molecule has 1 aliphatic heterocycles. The zero-order valence-electron chi connectivity index (χ0n) is 9.80. The normalized spacial score (nSPS) is 20.0. The van der Waals surface area contributed by atoms with Gasteiger partial charge in [0.05, 0.1) is 0 Å². The highest BCUT2D eigenvalue weighted by Gasteiger charge is 2.29. The van der Waals surface area contributed by atoms with Gasteiger partial charge in [0.1, 0.15) is 0 Å². The molecule has 1 heterocycles. The van der Waals surface area contributed by atoms with Gasteiger partial charge in [-0.3, -0.25) is 4.79 Å². The van der Waals surface area contributed by atoms with Gasteiger partial charge in [0.2, 0.25) is 5.91 Å². The van der Waals surface area contributed by atoms with Crippen LogP contribution in [0.2, 0.25) is 0 Å². The molecule has 1 fully saturated rings. The molecule has 2 rings (SSSR count). The summed E-state index contributed by atoms with van der Waals surface area (Å²) in [5.41, 5.74) is 7.58. The number of carbonyl (C=O) groups excluding carboxylic acids is 1. The number of aliphatic hydroxyl groups excluding tert-OH is 1. The van der Waals surface area contributed by atoms with E-state index in [1.807, 2.05) is 24.3 Å². The molecule has 1 aliphatic rings. The standard InChI is InChI=1S/C13H18N2O2/c14-6-5-10-1-3-12(4-2-10)15-8-11(9-16)7-13(15)17/h1-4,11,16H,5-9,14H2. The largest absolute Gasteiger partial charge is 0.396 e. The highest BCUT2D eigenvalue weighted by Crippen LogP contribution is 2.24. The van der Waals surface area contributed by atoms with Crippen molar-refractivity contribution in [3.63, 3.8) is 0 Å². The number of nitrogens with two attached hydrogens (primary N) is 1. The van der Waals surface area contributed by atoms with Gasteiger partial charge in [-0.05, 0) is 30.7 Å². The third kappa shape index (κ3) is 2.65. The van der Waals surface area contributed by atoms with Crippen molar-refractivity contribution < 1.29 is 9.90 Å². The molecule has 3 N–H and O–H groups in total. The number of hydrogen-bond acceptors (Lipinski definition) is 3. The van der Waals surface area contributed by atoms with Crippen molar-refractivity contribution >= 4 is 11.6 Å². The Balaban J connectivity index is 2.09. The Labute approximate surface area is 101 Å². The summed E-state index contributed by atoms with van der Waals surface area (Å²) >= 11 is 0. The molecule has 0 aromatic heterocycles. The lowest BCUT2D eigenvalue weighted by Crippen LogP contribution is -2.24. The lowest BCUT2D eigenvalue weighted by molar-refractivity contribution is -0.117. The summed E-state index contributed by atoms with van der Waals surface area (Å²) in [4.78, 5) is 13.5. The number of nitrogens with zero attached hydrogens (tertiary/aromatic N) is 1. The van der Waals surface area contributed by atoms with Gasteiger partial charge in [0, 0.05) is 31.2 Å². The van der Waals surface area contributed by atoms with Crippen LogP contribution in [-0.2, 0) is 11.2 Å². The summed E-state index contributed by atoms with van der Waals surface area (Å²) in [6.45, 7) is 1.33. The number of hydrogen-bond donors (Lipinski definition) is 2. The molecule has 17 heavy (non-hydrogen) atoms. The fourth-order valence-corrected chi connectivity index (χ4v) is 2.16. The summed E-state index contributed by atoms with van der Waals surface area (Å²) in [5, 5.41) is 9.07. The van der Waals surface area contributed by atoms with Gasteiger partial charge in [-0.2, -0.15) is 0 Å². The Bertz CT molecular complexity index is 389. The van der Waals surface area contributed by atoms with E-state index in [0.29, 0.717) is 19.5 Å². The van der Waals surface area contributed by atoms with Crippen molar-refractivity contribution in [2.75, 3.05) is 24.6 Å². The number of anilines is 1. The Morgan fingerprint density at radius 3 is 2.59 bits per heavy atom. The van der Waals surface area contributed by atoms with Gasteiger partial charge in [-0.15, -0.1) is 0 Å². The van der Waals surface area contributed by atoms with E-state index in [4.69, 9.17) is 10.8 Å². The first kappa shape index (κ1) is 12.1. The molecule has 1 aromatic carbocycles. The maximum absolute atomic E-state index is 11.7. The lowest BCUT2D eigenvalue weighted by atomic mass is 10.1. The number of aliphatic hydroxyl groups is 1. The molecule has 1 atom stereocenters. The highest BCUT2D eigenvalue weighted by atomic mass is 16.3. The van der Waals surface area contributed by atoms with E-state index in [-0.39, 0.29) is 18.4 Å². The van der Waals surface area contributed by atoms with Gasteiger partial charge < -0.3 is 15.7 Å². The molecule has 0 radical (unpaired) electrons. The molecule has 4 heteroatoms. The summed E-state index contributed by atoms with van der Waals surface area (Å²) in [6, 6.07) is 7.90. The van der Waals surface area contributed by atoms with Crippen molar-refractivity contribution in [3.8, 4) is 0 Å². The average Bonchev–Trinajstić information content (AvgIpc) is 2.72. The SMILES string of the molecule is NCCc1ccc(N2CC(CO)CC2=O)cc1. The molecule has 1 unspecified atom stereocenters. The van der Waals surface area contributed by atoms with Crippen LogP contribution in [0.15, 0.2) is 24.3 Å². The highest BCUT2D eigenvalue weighted by molar-refractivity contribution is 5.95. The molecular formula is C13H18N2O2. The first-order chi connectivity index (χ1) is 8.24. The Morgan fingerprint density at radius 1 is 1.35 bits per heavy atom. The number of rotatable bonds is 4. The van der Waals surface area contributed by atoms with Crippen molar-refractivity contribution in [1.82, 2.24) is 0 Å². The van der Waals surface area contributed by atoms with Crippen molar-refractivity contribution in [2.24, 2.45) is 11.7 Å². The fraction of sp³-hybridized carbons (Fsp3) is 0.462. The smallest absolute Gasteiger partial charge is 0.227 e. The summed E-state index contributed by atoms with van der Waals surface area (Å²) in [7, 11) is 0. The third-order valence-corrected chi connectivity index (χ3v) is 3.14. The maximum atomic E-state index is 11.7. The van der Waals surface area contributed by atoms with Gasteiger partial charge in [-0.25, -0.2) is 0 Å². The molecule has 92 valence electrons. The molecule has 0 spiro atoms. The zero-order chi connectivity index (χ0) is 12.3. The monoisotopic (exact) mass is 234 g/mol. The van der Waals surface area contributed by atoms with E-state index < -0.39 is 0 Å². The molecule has 0 bridgehead atoms. The number of benzene rings is 1. The molecule has 0 aliphatic carbocycles. The van der Waals surface area contributed by atoms with Crippen LogP contribution in [0.4, 0.5) is 5.69 Å². The van der Waals surface area contributed by atoms with Gasteiger partial charge in [-0.1, -0.05) is 12.1 Å². The lowest BCUT2D eigenvalue weighted by Gasteiger charge is -2.16. The van der Waals surface area contributed by atoms with Crippen LogP contribution in [0.1, 0.15) is 12.0 Å². The van der Waals surface area contributed by atoms with Crippen LogP contribution < -0.4 is 10.6 Å². The third-order valence-electron chi connectivity index (χ3n) is 3.14. The second-order valence-electron chi connectivity index (χ2n) is 4.46. The van der Waals surface area contributed by atoms with E-state index >= 15 is 0 Å². The zero-order valence-corrected chi connectivity index (χ0v) is 9.80. The predicted molar refractivity (Wildman–Crippen MR) is 66.7 cm³/mol. The van der Waals surface area contributed by atoms with E-state index in [1.54, 1.807) is 4.90 Å². The topological polar surface area (TPSA) is 66.6 Å². The minimum absolute atomic E-state index is 0.0752. The minimum atomic E-state index is 0.0752. The average molecular weight is 234 g/mol. The Morgan fingerprint density at radius 2 is 2.06 bits per heavy atom. The van der Waals surface area contributed by atoms with E-state index in [9.17, 15) is 4.79 Å². The van der Waals surface area contributed by atoms with Crippen LogP contribution in [0, 0.1) is 5.92 Å². The van der Waals surface area contributed by atoms with E-state index in [1.165, 1.54) is 5.56 Å². The maximum Gasteiger partial charge on any atom is 0.227 e.